The zero-order valence-electron chi connectivity index (χ0n) is 11.4. The number of aromatic amines is 1. The third kappa shape index (κ3) is 2.10. The molecule has 3 heterocycles. The fraction of sp³-hybridized carbons (Fsp3) is 0.133. The second kappa shape index (κ2) is 5.03. The molecule has 0 saturated heterocycles. The molecule has 0 saturated carbocycles. The number of benzene rings is 1. The highest BCUT2D eigenvalue weighted by molar-refractivity contribution is 7.98. The molecule has 6 nitrogen and oxygen atoms in total. The molecule has 0 bridgehead atoms. The lowest BCUT2D eigenvalue weighted by Gasteiger charge is -2.08. The number of carboxylic acid groups (broad SMARTS) is 1. The van der Waals surface area contributed by atoms with Gasteiger partial charge in [0.1, 0.15) is 12.1 Å². The van der Waals surface area contributed by atoms with Gasteiger partial charge in [-0.3, -0.25) is 0 Å². The number of hydrogen-bond donors (Lipinski definition) is 2. The van der Waals surface area contributed by atoms with Crippen LogP contribution in [0.25, 0.3) is 10.9 Å². The van der Waals surface area contributed by atoms with E-state index in [0.717, 1.165) is 28.3 Å². The van der Waals surface area contributed by atoms with Crippen molar-refractivity contribution in [2.75, 3.05) is 0 Å². The largest absolute Gasteiger partial charge is 0.478 e. The van der Waals surface area contributed by atoms with Crippen LogP contribution in [0.2, 0.25) is 0 Å². The molecule has 0 radical (unpaired) electrons. The number of thioether (sulfide) groups is 1. The second-order valence-electron chi connectivity index (χ2n) is 4.91. The van der Waals surface area contributed by atoms with Gasteiger partial charge < -0.3 is 14.8 Å². The van der Waals surface area contributed by atoms with Crippen molar-refractivity contribution in [3.63, 3.8) is 0 Å². The molecular formula is C15H11N3O3S. The van der Waals surface area contributed by atoms with Gasteiger partial charge in [-0.2, -0.15) is 11.8 Å². The Morgan fingerprint density at radius 2 is 2.23 bits per heavy atom. The summed E-state index contributed by atoms with van der Waals surface area (Å²) < 4.78 is 5.86. The van der Waals surface area contributed by atoms with Gasteiger partial charge in [-0.1, -0.05) is 0 Å². The van der Waals surface area contributed by atoms with Gasteiger partial charge in [-0.25, -0.2) is 14.8 Å². The highest BCUT2D eigenvalue weighted by Gasteiger charge is 2.19. The molecule has 2 N–H and O–H groups in total. The average molecular weight is 313 g/mol. The van der Waals surface area contributed by atoms with E-state index in [1.165, 1.54) is 12.5 Å². The zero-order chi connectivity index (χ0) is 15.1. The highest BCUT2D eigenvalue weighted by Crippen LogP contribution is 2.35. The topological polar surface area (TPSA) is 88.1 Å². The lowest BCUT2D eigenvalue weighted by Crippen LogP contribution is -1.97. The molecule has 0 atom stereocenters. The van der Waals surface area contributed by atoms with Crippen LogP contribution in [0.4, 0.5) is 0 Å². The maximum atomic E-state index is 11.2. The number of aromatic nitrogens is 3. The summed E-state index contributed by atoms with van der Waals surface area (Å²) in [5, 5.41) is 9.81. The van der Waals surface area contributed by atoms with Crippen LogP contribution in [-0.4, -0.2) is 26.0 Å². The molecule has 2 aromatic heterocycles. The minimum atomic E-state index is -0.970. The summed E-state index contributed by atoms with van der Waals surface area (Å²) in [4.78, 5) is 22.6. The number of hydrogen-bond acceptors (Lipinski definition) is 5. The Bertz CT molecular complexity index is 891. The predicted octanol–water partition coefficient (Wildman–Crippen LogP) is 3.20. The van der Waals surface area contributed by atoms with E-state index < -0.39 is 5.97 Å². The number of carboxylic acids is 1. The molecule has 1 aliphatic rings. The Kier molecular flexibility index (Phi) is 3.00. The first-order valence-corrected chi connectivity index (χ1v) is 7.80. The quantitative estimate of drug-likeness (QED) is 0.772. The van der Waals surface area contributed by atoms with Crippen molar-refractivity contribution < 1.29 is 14.6 Å². The normalized spacial score (nSPS) is 13.3. The maximum absolute atomic E-state index is 11.2. The molecule has 0 aliphatic carbocycles. The Morgan fingerprint density at radius 1 is 1.32 bits per heavy atom. The molecule has 1 aliphatic heterocycles. The summed E-state index contributed by atoms with van der Waals surface area (Å²) in [7, 11) is 0. The smallest absolute Gasteiger partial charge is 0.337 e. The third-order valence-electron chi connectivity index (χ3n) is 3.58. The fourth-order valence-electron chi connectivity index (χ4n) is 2.49. The van der Waals surface area contributed by atoms with Crippen molar-refractivity contribution in [1.29, 1.82) is 0 Å². The number of nitrogens with one attached hydrogen (secondary N) is 1. The summed E-state index contributed by atoms with van der Waals surface area (Å²) in [6.07, 6.45) is 2.98. The molecule has 0 fully saturated rings. The molecule has 0 spiro atoms. The SMILES string of the molecule is O=C(O)c1c[nH]c2ccc(Oc3ncnc4c3CSC4)cc12. The Labute approximate surface area is 129 Å². The van der Waals surface area contributed by atoms with Gasteiger partial charge in [-0.05, 0) is 18.2 Å². The number of aromatic carboxylic acids is 1. The van der Waals surface area contributed by atoms with Gasteiger partial charge in [0.25, 0.3) is 0 Å². The van der Waals surface area contributed by atoms with Crippen LogP contribution in [0, 0.1) is 0 Å². The molecule has 7 heteroatoms. The lowest BCUT2D eigenvalue weighted by molar-refractivity contribution is 0.0699. The van der Waals surface area contributed by atoms with Crippen LogP contribution in [0.15, 0.2) is 30.7 Å². The summed E-state index contributed by atoms with van der Waals surface area (Å²) >= 11 is 1.77. The minimum Gasteiger partial charge on any atom is -0.478 e. The average Bonchev–Trinajstić information content (AvgIpc) is 3.13. The van der Waals surface area contributed by atoms with E-state index in [1.54, 1.807) is 30.0 Å². The summed E-state index contributed by atoms with van der Waals surface area (Å²) in [5.41, 5.74) is 3.00. The van der Waals surface area contributed by atoms with Gasteiger partial charge in [0.2, 0.25) is 5.88 Å². The molecule has 0 amide bonds. The van der Waals surface area contributed by atoms with Crippen LogP contribution in [0.1, 0.15) is 21.6 Å². The molecular weight excluding hydrogens is 302 g/mol. The van der Waals surface area contributed by atoms with Crippen molar-refractivity contribution in [3.8, 4) is 11.6 Å². The van der Waals surface area contributed by atoms with E-state index in [-0.39, 0.29) is 5.56 Å². The van der Waals surface area contributed by atoms with Gasteiger partial charge >= 0.3 is 5.97 Å². The van der Waals surface area contributed by atoms with Gasteiger partial charge in [0.05, 0.1) is 11.3 Å². The molecule has 22 heavy (non-hydrogen) atoms. The van der Waals surface area contributed by atoms with Crippen molar-refractivity contribution in [1.82, 2.24) is 15.0 Å². The lowest BCUT2D eigenvalue weighted by atomic mass is 10.1. The first-order valence-electron chi connectivity index (χ1n) is 6.65. The maximum Gasteiger partial charge on any atom is 0.337 e. The number of H-pyrrole nitrogens is 1. The van der Waals surface area contributed by atoms with Gasteiger partial charge in [0, 0.05) is 34.2 Å². The Balaban J connectivity index is 1.74. The number of fused-ring (bicyclic) bond motifs is 2. The van der Waals surface area contributed by atoms with E-state index in [0.29, 0.717) is 17.0 Å². The van der Waals surface area contributed by atoms with Crippen molar-refractivity contribution in [3.05, 3.63) is 47.5 Å². The standard InChI is InChI=1S/C15H11N3O3S/c19-15(20)10-4-16-12-2-1-8(3-9(10)12)21-14-11-5-22-6-13(11)17-7-18-14/h1-4,7,16H,5-6H2,(H,19,20). The van der Waals surface area contributed by atoms with Crippen molar-refractivity contribution >= 4 is 28.6 Å². The molecule has 3 aromatic rings. The summed E-state index contributed by atoms with van der Waals surface area (Å²) in [6, 6.07) is 5.31. The first-order chi connectivity index (χ1) is 10.7. The number of nitrogens with zero attached hydrogens (tertiary/aromatic N) is 2. The zero-order valence-corrected chi connectivity index (χ0v) is 12.2. The monoisotopic (exact) mass is 313 g/mol. The predicted molar refractivity (Wildman–Crippen MR) is 82.4 cm³/mol. The Morgan fingerprint density at radius 3 is 3.09 bits per heavy atom. The van der Waals surface area contributed by atoms with Crippen LogP contribution < -0.4 is 4.74 Å². The summed E-state index contributed by atoms with van der Waals surface area (Å²) in [5.74, 6) is 1.84. The van der Waals surface area contributed by atoms with E-state index in [9.17, 15) is 9.90 Å². The third-order valence-corrected chi connectivity index (χ3v) is 4.55. The number of carbonyl (C=O) groups is 1. The van der Waals surface area contributed by atoms with E-state index in [2.05, 4.69) is 15.0 Å². The van der Waals surface area contributed by atoms with Crippen molar-refractivity contribution in [2.24, 2.45) is 0 Å². The van der Waals surface area contributed by atoms with E-state index in [4.69, 9.17) is 4.74 Å². The Hall–Kier alpha value is -2.54. The van der Waals surface area contributed by atoms with Crippen LogP contribution in [0.5, 0.6) is 11.6 Å². The fourth-order valence-corrected chi connectivity index (χ4v) is 3.53. The van der Waals surface area contributed by atoms with E-state index in [1.807, 2.05) is 0 Å². The molecule has 0 unspecified atom stereocenters. The second-order valence-corrected chi connectivity index (χ2v) is 5.90. The molecule has 110 valence electrons. The number of ether oxygens (including phenoxy) is 1. The highest BCUT2D eigenvalue weighted by atomic mass is 32.2. The summed E-state index contributed by atoms with van der Waals surface area (Å²) in [6.45, 7) is 0. The van der Waals surface area contributed by atoms with Gasteiger partial charge in [0.15, 0.2) is 0 Å². The van der Waals surface area contributed by atoms with E-state index >= 15 is 0 Å². The first kappa shape index (κ1) is 13.1. The van der Waals surface area contributed by atoms with Crippen LogP contribution in [0.3, 0.4) is 0 Å². The van der Waals surface area contributed by atoms with Crippen LogP contribution in [-0.2, 0) is 11.5 Å². The molecule has 4 rings (SSSR count). The number of rotatable bonds is 3. The molecule has 1 aromatic carbocycles. The van der Waals surface area contributed by atoms with Crippen LogP contribution >= 0.6 is 11.8 Å². The van der Waals surface area contributed by atoms with Gasteiger partial charge in [-0.15, -0.1) is 0 Å². The minimum absolute atomic E-state index is 0.226. The van der Waals surface area contributed by atoms with Crippen molar-refractivity contribution in [2.45, 2.75) is 11.5 Å².